The Morgan fingerprint density at radius 3 is 2.75 bits per heavy atom. The van der Waals surface area contributed by atoms with Crippen LogP contribution in [-0.4, -0.2) is 23.9 Å². The highest BCUT2D eigenvalue weighted by Crippen LogP contribution is 2.17. The SMILES string of the molecule is CCCCCCCOc1nnc(CNC)s1. The molecule has 4 nitrogen and oxygen atoms in total. The topological polar surface area (TPSA) is 47.0 Å². The Hall–Kier alpha value is -0.680. The zero-order chi connectivity index (χ0) is 11.6. The minimum absolute atomic E-state index is 0.695. The summed E-state index contributed by atoms with van der Waals surface area (Å²) in [5, 5.41) is 12.7. The number of unbranched alkanes of at least 4 members (excludes halogenated alkanes) is 4. The predicted octanol–water partition coefficient (Wildman–Crippen LogP) is 2.61. The molecule has 0 saturated carbocycles. The van der Waals surface area contributed by atoms with Crippen LogP contribution in [-0.2, 0) is 6.54 Å². The molecule has 0 aromatic carbocycles. The summed E-state index contributed by atoms with van der Waals surface area (Å²) in [6.45, 7) is 3.75. The van der Waals surface area contributed by atoms with Crippen LogP contribution >= 0.6 is 11.3 Å². The van der Waals surface area contributed by atoms with Gasteiger partial charge in [-0.2, -0.15) is 0 Å². The van der Waals surface area contributed by atoms with E-state index in [4.69, 9.17) is 4.74 Å². The van der Waals surface area contributed by atoms with E-state index in [9.17, 15) is 0 Å². The summed E-state index contributed by atoms with van der Waals surface area (Å²) in [6, 6.07) is 0. The first-order chi connectivity index (χ1) is 7.86. The predicted molar refractivity (Wildman–Crippen MR) is 66.9 cm³/mol. The first-order valence-corrected chi connectivity index (χ1v) is 6.78. The zero-order valence-corrected chi connectivity index (χ0v) is 11.0. The van der Waals surface area contributed by atoms with E-state index in [2.05, 4.69) is 22.4 Å². The van der Waals surface area contributed by atoms with Crippen molar-refractivity contribution in [3.63, 3.8) is 0 Å². The van der Waals surface area contributed by atoms with E-state index in [-0.39, 0.29) is 0 Å². The molecule has 1 N–H and O–H groups in total. The van der Waals surface area contributed by atoms with E-state index < -0.39 is 0 Å². The summed E-state index contributed by atoms with van der Waals surface area (Å²) in [5.74, 6) is 0. The summed E-state index contributed by atoms with van der Waals surface area (Å²) in [7, 11) is 1.90. The van der Waals surface area contributed by atoms with Crippen molar-refractivity contribution in [3.05, 3.63) is 5.01 Å². The highest BCUT2D eigenvalue weighted by Gasteiger charge is 2.03. The molecule has 0 aliphatic rings. The standard InChI is InChI=1S/C11H21N3OS/c1-3-4-5-6-7-8-15-11-14-13-10(16-11)9-12-2/h12H,3-9H2,1-2H3. The number of ether oxygens (including phenoxy) is 1. The van der Waals surface area contributed by atoms with Crippen molar-refractivity contribution in [2.45, 2.75) is 45.6 Å². The van der Waals surface area contributed by atoms with Crippen molar-refractivity contribution < 1.29 is 4.74 Å². The van der Waals surface area contributed by atoms with Crippen molar-refractivity contribution in [1.82, 2.24) is 15.5 Å². The Balaban J connectivity index is 2.07. The molecular weight excluding hydrogens is 222 g/mol. The fraction of sp³-hybridized carbons (Fsp3) is 0.818. The second kappa shape index (κ2) is 8.47. The molecule has 1 aromatic heterocycles. The van der Waals surface area contributed by atoms with Gasteiger partial charge in [0, 0.05) is 6.54 Å². The van der Waals surface area contributed by atoms with Crippen LogP contribution in [0, 0.1) is 0 Å². The lowest BCUT2D eigenvalue weighted by molar-refractivity contribution is 0.300. The van der Waals surface area contributed by atoms with E-state index >= 15 is 0 Å². The van der Waals surface area contributed by atoms with E-state index in [0.29, 0.717) is 5.19 Å². The maximum absolute atomic E-state index is 5.53. The summed E-state index contributed by atoms with van der Waals surface area (Å²) < 4.78 is 5.53. The monoisotopic (exact) mass is 243 g/mol. The van der Waals surface area contributed by atoms with Gasteiger partial charge in [0.15, 0.2) is 0 Å². The second-order valence-corrected chi connectivity index (χ2v) is 4.78. The van der Waals surface area contributed by atoms with E-state index in [1.165, 1.54) is 37.0 Å². The Kier molecular flexibility index (Phi) is 7.09. The third kappa shape index (κ3) is 5.42. The lowest BCUT2D eigenvalue weighted by Gasteiger charge is -2.00. The summed E-state index contributed by atoms with van der Waals surface area (Å²) in [4.78, 5) is 0. The summed E-state index contributed by atoms with van der Waals surface area (Å²) in [6.07, 6.45) is 6.27. The van der Waals surface area contributed by atoms with Crippen LogP contribution in [0.2, 0.25) is 0 Å². The molecule has 0 spiro atoms. The molecule has 0 bridgehead atoms. The maximum atomic E-state index is 5.53. The highest BCUT2D eigenvalue weighted by atomic mass is 32.1. The number of nitrogens with zero attached hydrogens (tertiary/aromatic N) is 2. The van der Waals surface area contributed by atoms with E-state index in [1.807, 2.05) is 7.05 Å². The van der Waals surface area contributed by atoms with Crippen LogP contribution in [0.1, 0.15) is 44.0 Å². The van der Waals surface area contributed by atoms with Crippen LogP contribution in [0.5, 0.6) is 5.19 Å². The van der Waals surface area contributed by atoms with Crippen LogP contribution in [0.25, 0.3) is 0 Å². The van der Waals surface area contributed by atoms with Gasteiger partial charge in [0.1, 0.15) is 5.01 Å². The fourth-order valence-electron chi connectivity index (χ4n) is 1.38. The lowest BCUT2D eigenvalue weighted by atomic mass is 10.2. The third-order valence-corrected chi connectivity index (χ3v) is 3.09. The van der Waals surface area contributed by atoms with Gasteiger partial charge >= 0.3 is 0 Å². The summed E-state index contributed by atoms with van der Waals surface area (Å²) in [5.41, 5.74) is 0. The smallest absolute Gasteiger partial charge is 0.294 e. The quantitative estimate of drug-likeness (QED) is 0.677. The molecule has 16 heavy (non-hydrogen) atoms. The number of hydrogen-bond acceptors (Lipinski definition) is 5. The largest absolute Gasteiger partial charge is 0.469 e. The van der Waals surface area contributed by atoms with Gasteiger partial charge < -0.3 is 10.1 Å². The van der Waals surface area contributed by atoms with Crippen LogP contribution in [0.4, 0.5) is 0 Å². The third-order valence-electron chi connectivity index (χ3n) is 2.25. The molecule has 0 amide bonds. The van der Waals surface area contributed by atoms with Gasteiger partial charge in [0.25, 0.3) is 5.19 Å². The van der Waals surface area contributed by atoms with Gasteiger partial charge in [-0.1, -0.05) is 43.9 Å². The first kappa shape index (κ1) is 13.4. The highest BCUT2D eigenvalue weighted by molar-refractivity contribution is 7.13. The molecule has 0 atom stereocenters. The van der Waals surface area contributed by atoms with Crippen LogP contribution < -0.4 is 10.1 Å². The molecule has 0 unspecified atom stereocenters. The van der Waals surface area contributed by atoms with Crippen molar-refractivity contribution in [3.8, 4) is 5.19 Å². The Bertz CT molecular complexity index is 278. The van der Waals surface area contributed by atoms with Gasteiger partial charge in [-0.3, -0.25) is 0 Å². The molecule has 0 radical (unpaired) electrons. The zero-order valence-electron chi connectivity index (χ0n) is 10.2. The van der Waals surface area contributed by atoms with Gasteiger partial charge in [-0.05, 0) is 13.5 Å². The molecule has 1 aromatic rings. The van der Waals surface area contributed by atoms with Crippen LogP contribution in [0.3, 0.4) is 0 Å². The molecular formula is C11H21N3OS. The average molecular weight is 243 g/mol. The van der Waals surface area contributed by atoms with Crippen molar-refractivity contribution in [2.75, 3.05) is 13.7 Å². The lowest BCUT2D eigenvalue weighted by Crippen LogP contribution is -2.04. The minimum atomic E-state index is 0.695. The number of nitrogens with one attached hydrogen (secondary N) is 1. The fourth-order valence-corrected chi connectivity index (χ4v) is 2.11. The molecule has 0 aliphatic carbocycles. The number of hydrogen-bond donors (Lipinski definition) is 1. The first-order valence-electron chi connectivity index (χ1n) is 5.96. The van der Waals surface area contributed by atoms with Gasteiger partial charge in [-0.25, -0.2) is 0 Å². The molecule has 1 rings (SSSR count). The van der Waals surface area contributed by atoms with Gasteiger partial charge in [-0.15, -0.1) is 10.2 Å². The van der Waals surface area contributed by atoms with Crippen molar-refractivity contribution in [2.24, 2.45) is 0 Å². The maximum Gasteiger partial charge on any atom is 0.294 e. The molecule has 0 saturated heterocycles. The Morgan fingerprint density at radius 2 is 2.00 bits per heavy atom. The van der Waals surface area contributed by atoms with Crippen LogP contribution in [0.15, 0.2) is 0 Å². The van der Waals surface area contributed by atoms with Crippen molar-refractivity contribution in [1.29, 1.82) is 0 Å². The molecule has 92 valence electrons. The van der Waals surface area contributed by atoms with Gasteiger partial charge in [0.05, 0.1) is 6.61 Å². The normalized spacial score (nSPS) is 10.6. The Morgan fingerprint density at radius 1 is 1.19 bits per heavy atom. The summed E-state index contributed by atoms with van der Waals surface area (Å²) >= 11 is 1.52. The number of aromatic nitrogens is 2. The molecule has 5 heteroatoms. The van der Waals surface area contributed by atoms with E-state index in [0.717, 1.165) is 24.6 Å². The van der Waals surface area contributed by atoms with E-state index in [1.54, 1.807) is 0 Å². The molecule has 1 heterocycles. The molecule has 0 aliphatic heterocycles. The molecule has 0 fully saturated rings. The van der Waals surface area contributed by atoms with Crippen molar-refractivity contribution >= 4 is 11.3 Å². The number of rotatable bonds is 9. The van der Waals surface area contributed by atoms with Gasteiger partial charge in [0.2, 0.25) is 0 Å². The average Bonchev–Trinajstić information content (AvgIpc) is 2.72. The second-order valence-electron chi connectivity index (χ2n) is 3.75. The minimum Gasteiger partial charge on any atom is -0.469 e. The Labute approximate surface area is 101 Å².